The molecule has 2 aromatic rings. The number of aliphatic hydroxyl groups is 1. The minimum absolute atomic E-state index is 0.00685. The summed E-state index contributed by atoms with van der Waals surface area (Å²) in [7, 11) is 0. The zero-order valence-electron chi connectivity index (χ0n) is 21.8. The summed E-state index contributed by atoms with van der Waals surface area (Å²) in [6.07, 6.45) is 0.560. The molecule has 0 fully saturated rings. The highest BCUT2D eigenvalue weighted by molar-refractivity contribution is 5.93. The van der Waals surface area contributed by atoms with Crippen molar-refractivity contribution in [3.05, 3.63) is 47.5 Å². The Morgan fingerprint density at radius 1 is 0.897 bits per heavy atom. The van der Waals surface area contributed by atoms with Crippen molar-refractivity contribution in [3.63, 3.8) is 0 Å². The van der Waals surface area contributed by atoms with Crippen LogP contribution in [0.2, 0.25) is 0 Å². The molecule has 39 heavy (non-hydrogen) atoms. The molecule has 4 bridgehead atoms. The summed E-state index contributed by atoms with van der Waals surface area (Å²) in [6.45, 7) is 0.270. The number of fused-ring (bicyclic) bond motifs is 5. The molecule has 0 aromatic heterocycles. The maximum absolute atomic E-state index is 13.6. The fourth-order valence-corrected chi connectivity index (χ4v) is 4.58. The number of carbonyl (C=O) groups is 3. The van der Waals surface area contributed by atoms with Gasteiger partial charge in [0.15, 0.2) is 0 Å². The van der Waals surface area contributed by atoms with Crippen LogP contribution in [0.25, 0.3) is 11.1 Å². The second-order valence-corrected chi connectivity index (χ2v) is 9.59. The van der Waals surface area contributed by atoms with Crippen molar-refractivity contribution in [3.8, 4) is 22.6 Å². The summed E-state index contributed by atoms with van der Waals surface area (Å²) in [5.74, 6) is -1.82. The highest BCUT2D eigenvalue weighted by atomic mass is 16.3. The largest absolute Gasteiger partial charge is 0.508 e. The average molecular weight is 543 g/mol. The summed E-state index contributed by atoms with van der Waals surface area (Å²) in [6, 6.07) is 6.54. The van der Waals surface area contributed by atoms with Crippen LogP contribution >= 0.6 is 0 Å². The zero-order valence-corrected chi connectivity index (χ0v) is 21.8. The number of amides is 3. The Kier molecular flexibility index (Phi) is 10.6. The first-order valence-electron chi connectivity index (χ1n) is 13.0. The van der Waals surface area contributed by atoms with Gasteiger partial charge in [-0.1, -0.05) is 12.1 Å². The predicted molar refractivity (Wildman–Crippen MR) is 145 cm³/mol. The molecule has 2 aromatic carbocycles. The van der Waals surface area contributed by atoms with Gasteiger partial charge in [0, 0.05) is 32.5 Å². The van der Waals surface area contributed by atoms with Gasteiger partial charge in [0.05, 0.1) is 12.6 Å². The molecule has 212 valence electrons. The van der Waals surface area contributed by atoms with Gasteiger partial charge in [-0.05, 0) is 65.9 Å². The van der Waals surface area contributed by atoms with Crippen LogP contribution in [0.4, 0.5) is 0 Å². The number of rotatable bonds is 8. The number of aromatic hydroxyl groups is 2. The molecule has 0 spiro atoms. The van der Waals surface area contributed by atoms with Gasteiger partial charge in [-0.25, -0.2) is 0 Å². The standard InChI is InChI=1S/C27H38N6O6/c28-7-1-2-21-26(38)32-22(27(39)33(9-8-29)10-11-34)15-19-13-17(4-6-24(19)36)16-3-5-23(35)18(12-16)14-20(30)25(37)31-21/h3-6,12-13,20-22,34-36H,1-2,7-11,14-15,28-30H2,(H,31,37)(H,32,38)/t20-,21-,22-/m0/s1. The van der Waals surface area contributed by atoms with E-state index in [9.17, 15) is 29.7 Å². The van der Waals surface area contributed by atoms with Crippen molar-refractivity contribution in [1.82, 2.24) is 15.5 Å². The highest BCUT2D eigenvalue weighted by Gasteiger charge is 2.31. The van der Waals surface area contributed by atoms with Crippen LogP contribution in [0, 0.1) is 0 Å². The number of aliphatic hydroxyl groups excluding tert-OH is 1. The number of hydrogen-bond donors (Lipinski definition) is 8. The van der Waals surface area contributed by atoms with Gasteiger partial charge in [-0.2, -0.15) is 0 Å². The number of hydrogen-bond acceptors (Lipinski definition) is 9. The summed E-state index contributed by atoms with van der Waals surface area (Å²) in [4.78, 5) is 41.3. The molecule has 3 atom stereocenters. The molecule has 0 aliphatic carbocycles. The molecule has 3 amide bonds. The number of carbonyl (C=O) groups excluding carboxylic acids is 3. The zero-order chi connectivity index (χ0) is 28.5. The Bertz CT molecular complexity index is 1170. The quantitative estimate of drug-likeness (QED) is 0.198. The van der Waals surface area contributed by atoms with Gasteiger partial charge in [-0.15, -0.1) is 0 Å². The number of benzene rings is 2. The SMILES string of the molecule is NCCC[C@@H]1NC(=O)[C@@H](N)Cc2cc(ccc2O)-c2ccc(O)c(c2)C[C@@H](C(=O)N(CCN)CCO)NC1=O. The van der Waals surface area contributed by atoms with Gasteiger partial charge in [-0.3, -0.25) is 14.4 Å². The van der Waals surface area contributed by atoms with Crippen molar-refractivity contribution in [2.24, 2.45) is 17.2 Å². The van der Waals surface area contributed by atoms with Crippen LogP contribution in [-0.2, 0) is 27.2 Å². The third kappa shape index (κ3) is 7.67. The predicted octanol–water partition coefficient (Wildman–Crippen LogP) is -1.32. The summed E-state index contributed by atoms with van der Waals surface area (Å²) >= 11 is 0. The molecule has 0 saturated heterocycles. The van der Waals surface area contributed by atoms with E-state index < -0.39 is 35.8 Å². The van der Waals surface area contributed by atoms with Gasteiger partial charge in [0.1, 0.15) is 23.6 Å². The lowest BCUT2D eigenvalue weighted by molar-refractivity contribution is -0.137. The van der Waals surface area contributed by atoms with Gasteiger partial charge in [0.25, 0.3) is 0 Å². The van der Waals surface area contributed by atoms with E-state index in [0.29, 0.717) is 28.7 Å². The van der Waals surface area contributed by atoms with Gasteiger partial charge in [0.2, 0.25) is 17.7 Å². The van der Waals surface area contributed by atoms with Gasteiger partial charge < -0.3 is 48.1 Å². The summed E-state index contributed by atoms with van der Waals surface area (Å²) in [5.41, 5.74) is 19.7. The van der Waals surface area contributed by atoms with Crippen molar-refractivity contribution < 1.29 is 29.7 Å². The molecule has 0 unspecified atom stereocenters. The topological polar surface area (TPSA) is 217 Å². The van der Waals surface area contributed by atoms with Crippen molar-refractivity contribution in [1.29, 1.82) is 0 Å². The van der Waals surface area contributed by atoms with E-state index in [1.54, 1.807) is 24.3 Å². The summed E-state index contributed by atoms with van der Waals surface area (Å²) < 4.78 is 0. The molecule has 1 heterocycles. The minimum atomic E-state index is -1.14. The molecule has 12 nitrogen and oxygen atoms in total. The molecular formula is C27H38N6O6. The van der Waals surface area contributed by atoms with Crippen LogP contribution in [0.15, 0.2) is 36.4 Å². The Hall–Kier alpha value is -3.71. The van der Waals surface area contributed by atoms with Crippen LogP contribution in [0.1, 0.15) is 24.0 Å². The number of nitrogens with one attached hydrogen (secondary N) is 2. The van der Waals surface area contributed by atoms with Crippen LogP contribution in [-0.4, -0.2) is 88.9 Å². The molecular weight excluding hydrogens is 504 g/mol. The summed E-state index contributed by atoms with van der Waals surface area (Å²) in [5, 5.41) is 35.9. The van der Waals surface area contributed by atoms with Crippen LogP contribution in [0.5, 0.6) is 11.5 Å². The monoisotopic (exact) mass is 542 g/mol. The van der Waals surface area contributed by atoms with E-state index in [4.69, 9.17) is 17.2 Å². The number of nitrogens with zero attached hydrogens (tertiary/aromatic N) is 1. The molecule has 3 rings (SSSR count). The normalized spacial score (nSPS) is 19.8. The van der Waals surface area contributed by atoms with E-state index >= 15 is 0 Å². The van der Waals surface area contributed by atoms with E-state index in [-0.39, 0.29) is 63.5 Å². The number of phenols is 2. The third-order valence-electron chi connectivity index (χ3n) is 6.72. The number of phenolic OH excluding ortho intramolecular Hbond substituents is 2. The average Bonchev–Trinajstić information content (AvgIpc) is 2.91. The van der Waals surface area contributed by atoms with E-state index in [1.165, 1.54) is 17.0 Å². The third-order valence-corrected chi connectivity index (χ3v) is 6.72. The molecule has 1 aliphatic heterocycles. The van der Waals surface area contributed by atoms with Crippen LogP contribution in [0.3, 0.4) is 0 Å². The van der Waals surface area contributed by atoms with E-state index in [2.05, 4.69) is 10.6 Å². The Morgan fingerprint density at radius 2 is 1.51 bits per heavy atom. The minimum Gasteiger partial charge on any atom is -0.508 e. The Balaban J connectivity index is 2.12. The fourth-order valence-electron chi connectivity index (χ4n) is 4.58. The first kappa shape index (κ1) is 29.8. The first-order chi connectivity index (χ1) is 18.7. The molecule has 12 heteroatoms. The maximum atomic E-state index is 13.6. The van der Waals surface area contributed by atoms with Crippen LogP contribution < -0.4 is 27.8 Å². The Morgan fingerprint density at radius 3 is 2.08 bits per heavy atom. The van der Waals surface area contributed by atoms with Gasteiger partial charge >= 0.3 is 0 Å². The lowest BCUT2D eigenvalue weighted by Crippen LogP contribution is -2.57. The first-order valence-corrected chi connectivity index (χ1v) is 13.0. The second-order valence-electron chi connectivity index (χ2n) is 9.59. The smallest absolute Gasteiger partial charge is 0.245 e. The lowest BCUT2D eigenvalue weighted by atomic mass is 9.95. The maximum Gasteiger partial charge on any atom is 0.245 e. The molecule has 11 N–H and O–H groups in total. The fraction of sp³-hybridized carbons (Fsp3) is 0.444. The highest BCUT2D eigenvalue weighted by Crippen LogP contribution is 2.31. The van der Waals surface area contributed by atoms with Crippen molar-refractivity contribution >= 4 is 17.7 Å². The van der Waals surface area contributed by atoms with E-state index in [0.717, 1.165) is 0 Å². The molecule has 1 aliphatic rings. The van der Waals surface area contributed by atoms with Crippen molar-refractivity contribution in [2.45, 2.75) is 43.8 Å². The molecule has 0 radical (unpaired) electrons. The second kappa shape index (κ2) is 13.9. The van der Waals surface area contributed by atoms with Crippen molar-refractivity contribution in [2.75, 3.05) is 32.8 Å². The lowest BCUT2D eigenvalue weighted by Gasteiger charge is -2.29. The number of nitrogens with two attached hydrogens (primary N) is 3. The molecule has 0 saturated carbocycles. The Labute approximate surface area is 227 Å². The van der Waals surface area contributed by atoms with E-state index in [1.807, 2.05) is 0 Å².